The zero-order chi connectivity index (χ0) is 29.7. The number of amides is 2. The summed E-state index contributed by atoms with van der Waals surface area (Å²) in [5.41, 5.74) is 2.65. The van der Waals surface area contributed by atoms with Gasteiger partial charge in [0, 0.05) is 34.1 Å². The van der Waals surface area contributed by atoms with E-state index in [0.29, 0.717) is 39.0 Å². The number of imidazole rings is 1. The Bertz CT molecular complexity index is 1790. The summed E-state index contributed by atoms with van der Waals surface area (Å²) in [4.78, 5) is 32.4. The number of carbonyl (C=O) groups is 2. The van der Waals surface area contributed by atoms with E-state index in [1.807, 2.05) is 0 Å². The van der Waals surface area contributed by atoms with Crippen LogP contribution >= 0.6 is 11.6 Å². The van der Waals surface area contributed by atoms with Crippen molar-refractivity contribution in [1.82, 2.24) is 35.5 Å². The highest BCUT2D eigenvalue weighted by molar-refractivity contribution is 7.92. The summed E-state index contributed by atoms with van der Waals surface area (Å²) in [5.74, 6) is -0.274. The van der Waals surface area contributed by atoms with Gasteiger partial charge in [0.15, 0.2) is 0 Å². The van der Waals surface area contributed by atoms with Crippen LogP contribution < -0.4 is 15.4 Å². The number of hydrogen-bond acceptors (Lipinski definition) is 9. The molecular weight excluding hydrogens is 586 g/mol. The van der Waals surface area contributed by atoms with Crippen LogP contribution in [-0.2, 0) is 19.6 Å². The predicted molar refractivity (Wildman–Crippen MR) is 155 cm³/mol. The molecule has 2 aromatic heterocycles. The van der Waals surface area contributed by atoms with E-state index in [4.69, 9.17) is 11.6 Å². The van der Waals surface area contributed by atoms with E-state index in [9.17, 15) is 18.0 Å². The molecule has 4 N–H and O–H groups in total. The number of tetrazole rings is 1. The van der Waals surface area contributed by atoms with E-state index >= 15 is 0 Å². The second-order valence-electron chi connectivity index (χ2n) is 8.99. The van der Waals surface area contributed by atoms with E-state index in [2.05, 4.69) is 45.6 Å². The largest absolute Gasteiger partial charge is 0.453 e. The molecule has 0 spiro atoms. The number of carbonyl (C=O) groups excluding carboxylic acids is 2. The maximum atomic E-state index is 13.0. The first kappa shape index (κ1) is 28.5. The van der Waals surface area contributed by atoms with Crippen molar-refractivity contribution in [2.24, 2.45) is 0 Å². The molecule has 1 atom stereocenters. The van der Waals surface area contributed by atoms with Crippen LogP contribution in [-0.4, -0.2) is 63.5 Å². The summed E-state index contributed by atoms with van der Waals surface area (Å²) in [6, 6.07) is 9.17. The van der Waals surface area contributed by atoms with Crippen LogP contribution in [0.25, 0.3) is 23.0 Å². The number of H-pyrrole nitrogens is 1. The van der Waals surface area contributed by atoms with Gasteiger partial charge < -0.3 is 15.0 Å². The third kappa shape index (κ3) is 6.82. The Morgan fingerprint density at radius 1 is 1.19 bits per heavy atom. The zero-order valence-electron chi connectivity index (χ0n) is 22.0. The van der Waals surface area contributed by atoms with Crippen LogP contribution in [0.15, 0.2) is 67.2 Å². The fourth-order valence-corrected chi connectivity index (χ4v) is 5.31. The molecule has 3 heterocycles. The fraction of sp³-hybridized carbons (Fsp3) is 0.154. The van der Waals surface area contributed by atoms with Crippen molar-refractivity contribution in [3.05, 3.63) is 83.6 Å². The molecule has 0 aliphatic carbocycles. The minimum atomic E-state index is -3.80. The Morgan fingerprint density at radius 2 is 2.05 bits per heavy atom. The lowest BCUT2D eigenvalue weighted by Crippen LogP contribution is -2.27. The lowest BCUT2D eigenvalue weighted by Gasteiger charge is -2.16. The van der Waals surface area contributed by atoms with Crippen molar-refractivity contribution in [3.63, 3.8) is 0 Å². The van der Waals surface area contributed by atoms with Crippen LogP contribution in [0.3, 0.4) is 0 Å². The van der Waals surface area contributed by atoms with Gasteiger partial charge in [0.2, 0.25) is 15.9 Å². The smallest absolute Gasteiger partial charge is 0.411 e. The van der Waals surface area contributed by atoms with Gasteiger partial charge in [-0.1, -0.05) is 23.8 Å². The molecular formula is C26H24ClN9O5S. The molecule has 2 aromatic carbocycles. The highest BCUT2D eigenvalue weighted by atomic mass is 35.5. The molecule has 2 amide bonds. The van der Waals surface area contributed by atoms with Crippen LogP contribution in [0.1, 0.15) is 23.9 Å². The molecule has 0 fully saturated rings. The average Bonchev–Trinajstić information content (AvgIpc) is 3.66. The summed E-state index contributed by atoms with van der Waals surface area (Å²) in [5, 5.41) is 17.1. The first-order chi connectivity index (χ1) is 20.2. The van der Waals surface area contributed by atoms with Gasteiger partial charge in [-0.3, -0.25) is 14.8 Å². The summed E-state index contributed by atoms with van der Waals surface area (Å²) >= 11 is 6.17. The van der Waals surface area contributed by atoms with Crippen LogP contribution in [0.4, 0.5) is 16.2 Å². The van der Waals surface area contributed by atoms with Crippen molar-refractivity contribution >= 4 is 51.1 Å². The van der Waals surface area contributed by atoms with Crippen LogP contribution in [0.2, 0.25) is 5.02 Å². The molecule has 2 bridgehead atoms. The summed E-state index contributed by atoms with van der Waals surface area (Å²) in [6.45, 7) is 0. The SMILES string of the molecule is COC(=O)Nc1ccc2c(c1)NS(=O)(=O)C/C=C\C[C@H](NC(=O)/C=C/c1cc(Cl)ccc1-n1cnnn1)c1nc-2c[nH]1. The van der Waals surface area contributed by atoms with E-state index in [1.54, 1.807) is 48.7 Å². The third-order valence-corrected chi connectivity index (χ3v) is 7.49. The molecule has 1 aliphatic rings. The first-order valence-electron chi connectivity index (χ1n) is 12.4. The van der Waals surface area contributed by atoms with Gasteiger partial charge in [-0.05, 0) is 59.3 Å². The lowest BCUT2D eigenvalue weighted by molar-refractivity contribution is -0.117. The Hall–Kier alpha value is -5.02. The van der Waals surface area contributed by atoms with Crippen LogP contribution in [0, 0.1) is 0 Å². The maximum Gasteiger partial charge on any atom is 0.411 e. The second-order valence-corrected chi connectivity index (χ2v) is 11.2. The number of rotatable bonds is 5. The Morgan fingerprint density at radius 3 is 2.83 bits per heavy atom. The molecule has 0 saturated heterocycles. The number of halogens is 1. The van der Waals surface area contributed by atoms with E-state index in [-0.39, 0.29) is 17.9 Å². The first-order valence-corrected chi connectivity index (χ1v) is 14.5. The van der Waals surface area contributed by atoms with Crippen molar-refractivity contribution < 1.29 is 22.7 Å². The number of fused-ring (bicyclic) bond motifs is 4. The average molecular weight is 610 g/mol. The maximum absolute atomic E-state index is 13.0. The quantitative estimate of drug-likeness (QED) is 0.194. The van der Waals surface area contributed by atoms with Crippen molar-refractivity contribution in [2.75, 3.05) is 22.9 Å². The number of hydrogen-bond donors (Lipinski definition) is 4. The number of nitrogens with zero attached hydrogens (tertiary/aromatic N) is 5. The van der Waals surface area contributed by atoms with Crippen molar-refractivity contribution in [2.45, 2.75) is 12.5 Å². The lowest BCUT2D eigenvalue weighted by atomic mass is 10.1. The summed E-state index contributed by atoms with van der Waals surface area (Å²) < 4.78 is 34.2. The molecule has 0 saturated carbocycles. The van der Waals surface area contributed by atoms with Gasteiger partial charge >= 0.3 is 6.09 Å². The number of anilines is 2. The second kappa shape index (κ2) is 12.2. The van der Waals surface area contributed by atoms with E-state index in [0.717, 1.165) is 0 Å². The molecule has 14 nitrogen and oxygen atoms in total. The van der Waals surface area contributed by atoms with E-state index < -0.39 is 28.1 Å². The molecule has 16 heteroatoms. The number of sulfonamides is 1. The molecule has 216 valence electrons. The molecule has 0 unspecified atom stereocenters. The molecule has 42 heavy (non-hydrogen) atoms. The minimum Gasteiger partial charge on any atom is -0.453 e. The molecule has 5 rings (SSSR count). The number of aromatic amines is 1. The van der Waals surface area contributed by atoms with E-state index in [1.165, 1.54) is 36.3 Å². The normalized spacial score (nSPS) is 16.8. The Balaban J connectivity index is 1.42. The number of benzene rings is 2. The van der Waals surface area contributed by atoms with Gasteiger partial charge in [-0.15, -0.1) is 5.10 Å². The van der Waals surface area contributed by atoms with Gasteiger partial charge in [-0.2, -0.15) is 4.68 Å². The monoisotopic (exact) mass is 609 g/mol. The Labute approximate surface area is 244 Å². The number of methoxy groups -OCH3 is 1. The highest BCUT2D eigenvalue weighted by Crippen LogP contribution is 2.32. The molecule has 4 aromatic rings. The van der Waals surface area contributed by atoms with Gasteiger partial charge in [0.25, 0.3) is 0 Å². The third-order valence-electron chi connectivity index (χ3n) is 6.09. The number of ether oxygens (including phenoxy) is 1. The molecule has 0 radical (unpaired) electrons. The van der Waals surface area contributed by atoms with Gasteiger partial charge in [0.05, 0.1) is 36.0 Å². The van der Waals surface area contributed by atoms with Crippen LogP contribution in [0.5, 0.6) is 0 Å². The standard InChI is InChI=1S/C26H24ClN9O5S/c1-41-26(38)30-18-7-8-19-21(13-18)33-42(39,40)11-3-2-4-20(25-28-14-22(19)32-25)31-24(37)10-5-16-12-17(27)6-9-23(16)36-15-29-34-35-36/h2-3,5-10,12-15,20,33H,4,11H2,1H3,(H,28,32)(H,30,38)(H,31,37)/b3-2-,10-5+/t20-/m0/s1. The fourth-order valence-electron chi connectivity index (χ4n) is 4.15. The zero-order valence-corrected chi connectivity index (χ0v) is 23.6. The summed E-state index contributed by atoms with van der Waals surface area (Å²) in [6.07, 6.45) is 8.68. The Kier molecular flexibility index (Phi) is 8.31. The topological polar surface area (TPSA) is 186 Å². The number of aromatic nitrogens is 6. The minimum absolute atomic E-state index is 0.208. The van der Waals surface area contributed by atoms with Crippen molar-refractivity contribution in [1.29, 1.82) is 0 Å². The van der Waals surface area contributed by atoms with Crippen molar-refractivity contribution in [3.8, 4) is 16.9 Å². The predicted octanol–water partition coefficient (Wildman–Crippen LogP) is 3.46. The number of nitrogens with one attached hydrogen (secondary N) is 4. The highest BCUT2D eigenvalue weighted by Gasteiger charge is 2.21. The molecule has 1 aliphatic heterocycles. The summed E-state index contributed by atoms with van der Waals surface area (Å²) in [7, 11) is -2.58. The van der Waals surface area contributed by atoms with Gasteiger partial charge in [0.1, 0.15) is 12.2 Å². The van der Waals surface area contributed by atoms with Gasteiger partial charge in [-0.25, -0.2) is 18.2 Å².